The molecule has 0 heterocycles. The number of hydrogen-bond donors (Lipinski definition) is 1. The van der Waals surface area contributed by atoms with Gasteiger partial charge in [-0.25, -0.2) is 0 Å². The molecule has 66 valence electrons. The van der Waals surface area contributed by atoms with E-state index in [0.717, 1.165) is 5.56 Å². The molecule has 0 saturated carbocycles. The van der Waals surface area contributed by atoms with Gasteiger partial charge in [0.1, 0.15) is 5.84 Å². The minimum Gasteiger partial charge on any atom is -0.386 e. The Morgan fingerprint density at radius 2 is 2.08 bits per heavy atom. The van der Waals surface area contributed by atoms with Crippen LogP contribution in [0.3, 0.4) is 0 Å². The number of aliphatic imine (C=N–C) groups is 1. The average molecular weight is 173 g/mol. The number of benzene rings is 1. The summed E-state index contributed by atoms with van der Waals surface area (Å²) in [5, 5.41) is 8.24. The number of aryl methyl sites for hydroxylation is 1. The van der Waals surface area contributed by atoms with Crippen LogP contribution in [-0.2, 0) is 6.42 Å². The summed E-state index contributed by atoms with van der Waals surface area (Å²) in [6, 6.07) is 7.98. The maximum Gasteiger partial charge on any atom is 0.207 e. The highest BCUT2D eigenvalue weighted by atomic mass is 14.8. The molecule has 13 heavy (non-hydrogen) atoms. The molecule has 1 aromatic rings. The fourth-order valence-corrected chi connectivity index (χ4v) is 1.02. The van der Waals surface area contributed by atoms with Gasteiger partial charge in [-0.05, 0) is 12.5 Å². The molecule has 1 aromatic carbocycles. The molecule has 1 rings (SSSR count). The number of nitrogens with zero attached hydrogens (tertiary/aromatic N) is 2. The van der Waals surface area contributed by atoms with Gasteiger partial charge >= 0.3 is 0 Å². The largest absolute Gasteiger partial charge is 0.386 e. The molecule has 3 nitrogen and oxygen atoms in total. The molecule has 0 amide bonds. The molecule has 2 N–H and O–H groups in total. The van der Waals surface area contributed by atoms with Crippen molar-refractivity contribution < 1.29 is 0 Å². The monoisotopic (exact) mass is 173 g/mol. The highest BCUT2D eigenvalue weighted by molar-refractivity contribution is 5.83. The maximum atomic E-state index is 8.24. The van der Waals surface area contributed by atoms with Crippen molar-refractivity contribution in [3.05, 3.63) is 35.4 Å². The molecule has 0 aliphatic rings. The first-order valence-electron chi connectivity index (χ1n) is 3.99. The summed E-state index contributed by atoms with van der Waals surface area (Å²) in [4.78, 5) is 3.44. The second-order valence-corrected chi connectivity index (χ2v) is 2.87. The zero-order chi connectivity index (χ0) is 9.68. The first-order valence-corrected chi connectivity index (χ1v) is 3.99. The Hall–Kier alpha value is -1.82. The standard InChI is InChI=1S/C10H11N3/c1-8-2-4-9(5-3-8)6-10(12)13-7-11/h2-5H,6H2,1H3,(H2,12,13). The summed E-state index contributed by atoms with van der Waals surface area (Å²) in [5.41, 5.74) is 7.76. The van der Waals surface area contributed by atoms with Crippen molar-refractivity contribution >= 4 is 5.84 Å². The van der Waals surface area contributed by atoms with Gasteiger partial charge in [0.25, 0.3) is 0 Å². The fourth-order valence-electron chi connectivity index (χ4n) is 1.02. The smallest absolute Gasteiger partial charge is 0.207 e. The number of nitriles is 1. The molecule has 3 heteroatoms. The lowest BCUT2D eigenvalue weighted by Crippen LogP contribution is -2.14. The van der Waals surface area contributed by atoms with E-state index in [2.05, 4.69) is 4.99 Å². The molecule has 0 aliphatic carbocycles. The van der Waals surface area contributed by atoms with Crippen LogP contribution in [0.5, 0.6) is 0 Å². The highest BCUT2D eigenvalue weighted by Gasteiger charge is 1.95. The van der Waals surface area contributed by atoms with Gasteiger partial charge < -0.3 is 5.73 Å². The summed E-state index contributed by atoms with van der Waals surface area (Å²) in [5.74, 6) is 0.353. The zero-order valence-electron chi connectivity index (χ0n) is 7.49. The van der Waals surface area contributed by atoms with Crippen LogP contribution in [0.2, 0.25) is 0 Å². The lowest BCUT2D eigenvalue weighted by atomic mass is 10.1. The Kier molecular flexibility index (Phi) is 3.04. The molecular formula is C10H11N3. The Labute approximate surface area is 77.5 Å². The summed E-state index contributed by atoms with van der Waals surface area (Å²) in [6.45, 7) is 2.02. The van der Waals surface area contributed by atoms with Crippen molar-refractivity contribution in [2.75, 3.05) is 0 Å². The second kappa shape index (κ2) is 4.27. The van der Waals surface area contributed by atoms with Crippen LogP contribution in [0.25, 0.3) is 0 Å². The van der Waals surface area contributed by atoms with Gasteiger partial charge in [-0.2, -0.15) is 10.3 Å². The van der Waals surface area contributed by atoms with Gasteiger partial charge in [0.05, 0.1) is 0 Å². The van der Waals surface area contributed by atoms with Crippen molar-refractivity contribution in [3.63, 3.8) is 0 Å². The topological polar surface area (TPSA) is 62.2 Å². The Morgan fingerprint density at radius 1 is 1.46 bits per heavy atom. The summed E-state index contributed by atoms with van der Waals surface area (Å²) in [7, 11) is 0. The minimum atomic E-state index is 0.353. The van der Waals surface area contributed by atoms with Crippen LogP contribution in [0.15, 0.2) is 29.3 Å². The van der Waals surface area contributed by atoms with Crippen molar-refractivity contribution in [2.24, 2.45) is 10.7 Å². The van der Waals surface area contributed by atoms with Gasteiger partial charge in [0.2, 0.25) is 6.19 Å². The molecule has 0 saturated heterocycles. The predicted octanol–water partition coefficient (Wildman–Crippen LogP) is 1.38. The molecule has 0 bridgehead atoms. The summed E-state index contributed by atoms with van der Waals surface area (Å²) < 4.78 is 0. The van der Waals surface area contributed by atoms with Crippen LogP contribution in [-0.4, -0.2) is 5.84 Å². The Balaban J connectivity index is 2.71. The average Bonchev–Trinajstić information content (AvgIpc) is 2.09. The third-order valence-corrected chi connectivity index (χ3v) is 1.70. The molecule has 0 atom stereocenters. The normalized spacial score (nSPS) is 10.9. The van der Waals surface area contributed by atoms with E-state index in [4.69, 9.17) is 11.0 Å². The summed E-state index contributed by atoms with van der Waals surface area (Å²) in [6.07, 6.45) is 2.20. The van der Waals surface area contributed by atoms with Crippen LogP contribution in [0, 0.1) is 18.4 Å². The Bertz CT molecular complexity index is 343. The molecule has 0 spiro atoms. The zero-order valence-corrected chi connectivity index (χ0v) is 7.49. The third-order valence-electron chi connectivity index (χ3n) is 1.70. The van der Waals surface area contributed by atoms with E-state index >= 15 is 0 Å². The quantitative estimate of drug-likeness (QED) is 0.417. The van der Waals surface area contributed by atoms with Crippen molar-refractivity contribution in [1.82, 2.24) is 0 Å². The molecule has 0 aromatic heterocycles. The molecule has 0 radical (unpaired) electrons. The molecule has 0 aliphatic heterocycles. The molecule has 0 unspecified atom stereocenters. The molecule has 0 fully saturated rings. The molecular weight excluding hydrogens is 162 g/mol. The maximum absolute atomic E-state index is 8.24. The van der Waals surface area contributed by atoms with E-state index in [1.54, 1.807) is 6.19 Å². The third kappa shape index (κ3) is 2.96. The van der Waals surface area contributed by atoms with Crippen LogP contribution in [0.1, 0.15) is 11.1 Å². The first-order chi connectivity index (χ1) is 6.22. The van der Waals surface area contributed by atoms with Gasteiger partial charge in [-0.3, -0.25) is 0 Å². The van der Waals surface area contributed by atoms with Crippen LogP contribution in [0.4, 0.5) is 0 Å². The lowest BCUT2D eigenvalue weighted by Gasteiger charge is -1.99. The van der Waals surface area contributed by atoms with Gasteiger partial charge in [0.15, 0.2) is 0 Å². The predicted molar refractivity (Wildman–Crippen MR) is 52.1 cm³/mol. The minimum absolute atomic E-state index is 0.353. The van der Waals surface area contributed by atoms with Crippen LogP contribution < -0.4 is 5.73 Å². The second-order valence-electron chi connectivity index (χ2n) is 2.87. The first kappa shape index (κ1) is 9.27. The SMILES string of the molecule is Cc1ccc(CC(N)=NC#N)cc1. The van der Waals surface area contributed by atoms with Gasteiger partial charge in [-0.1, -0.05) is 29.8 Å². The summed E-state index contributed by atoms with van der Waals surface area (Å²) >= 11 is 0. The lowest BCUT2D eigenvalue weighted by molar-refractivity contribution is 1.26. The number of rotatable bonds is 2. The van der Waals surface area contributed by atoms with E-state index in [1.165, 1.54) is 5.56 Å². The van der Waals surface area contributed by atoms with E-state index in [0.29, 0.717) is 12.3 Å². The van der Waals surface area contributed by atoms with Crippen LogP contribution >= 0.6 is 0 Å². The van der Waals surface area contributed by atoms with Crippen molar-refractivity contribution in [2.45, 2.75) is 13.3 Å². The van der Waals surface area contributed by atoms with Gasteiger partial charge in [0, 0.05) is 6.42 Å². The number of nitrogens with two attached hydrogens (primary N) is 1. The Morgan fingerprint density at radius 3 is 2.62 bits per heavy atom. The van der Waals surface area contributed by atoms with E-state index < -0.39 is 0 Å². The van der Waals surface area contributed by atoms with Crippen molar-refractivity contribution in [3.8, 4) is 6.19 Å². The van der Waals surface area contributed by atoms with Gasteiger partial charge in [-0.15, -0.1) is 0 Å². The van der Waals surface area contributed by atoms with E-state index in [-0.39, 0.29) is 0 Å². The fraction of sp³-hybridized carbons (Fsp3) is 0.200. The highest BCUT2D eigenvalue weighted by Crippen LogP contribution is 2.03. The number of amidine groups is 1. The van der Waals surface area contributed by atoms with E-state index in [1.807, 2.05) is 31.2 Å². The van der Waals surface area contributed by atoms with Crippen molar-refractivity contribution in [1.29, 1.82) is 5.26 Å². The number of hydrogen-bond acceptors (Lipinski definition) is 2. The van der Waals surface area contributed by atoms with E-state index in [9.17, 15) is 0 Å².